The van der Waals surface area contributed by atoms with Gasteiger partial charge in [-0.1, -0.05) is 29.8 Å². The number of hydrogen-bond donors (Lipinski definition) is 1. The molecule has 126 valence electrons. The van der Waals surface area contributed by atoms with Crippen LogP contribution >= 0.6 is 11.6 Å². The van der Waals surface area contributed by atoms with Gasteiger partial charge in [-0.05, 0) is 42.3 Å². The first-order chi connectivity index (χ1) is 11.9. The maximum atomic E-state index is 12.3. The van der Waals surface area contributed by atoms with Gasteiger partial charge >= 0.3 is 0 Å². The van der Waals surface area contributed by atoms with Gasteiger partial charge in [0.05, 0.1) is 11.0 Å². The first-order valence-corrected chi connectivity index (χ1v) is 7.71. The molecule has 0 fully saturated rings. The van der Waals surface area contributed by atoms with Crippen molar-refractivity contribution in [3.8, 4) is 6.07 Å². The molecule has 7 heteroatoms. The van der Waals surface area contributed by atoms with Gasteiger partial charge in [0.15, 0.2) is 0 Å². The van der Waals surface area contributed by atoms with Gasteiger partial charge in [0.1, 0.15) is 11.6 Å². The molecule has 0 unspecified atom stereocenters. The summed E-state index contributed by atoms with van der Waals surface area (Å²) in [4.78, 5) is 22.4. The van der Waals surface area contributed by atoms with Gasteiger partial charge in [0.2, 0.25) is 0 Å². The Hall–Kier alpha value is -3.17. The Morgan fingerprint density at radius 3 is 2.48 bits per heavy atom. The van der Waals surface area contributed by atoms with Gasteiger partial charge in [-0.3, -0.25) is 14.9 Å². The Labute approximate surface area is 149 Å². The molecule has 6 nitrogen and oxygen atoms in total. The summed E-state index contributed by atoms with van der Waals surface area (Å²) < 4.78 is 0. The van der Waals surface area contributed by atoms with Gasteiger partial charge in [-0.2, -0.15) is 5.26 Å². The molecule has 2 rings (SSSR count). The zero-order valence-corrected chi connectivity index (χ0v) is 14.0. The second kappa shape index (κ2) is 8.08. The Bertz CT molecular complexity index is 870. The molecule has 0 aliphatic carbocycles. The van der Waals surface area contributed by atoms with Crippen molar-refractivity contribution in [2.45, 2.75) is 13.0 Å². The number of halogens is 1. The lowest BCUT2D eigenvalue weighted by molar-refractivity contribution is -0.384. The highest BCUT2D eigenvalue weighted by molar-refractivity contribution is 6.31. The molecule has 0 aliphatic heterocycles. The SMILES string of the molecule is C[C@H](NC(=O)C(C#N)=Cc1ccc([N+](=O)[O-])cc1)c1ccccc1Cl. The van der Waals surface area contributed by atoms with E-state index in [1.54, 1.807) is 25.1 Å². The number of non-ortho nitro benzene ring substituents is 1. The molecule has 1 atom stereocenters. The lowest BCUT2D eigenvalue weighted by Gasteiger charge is -2.15. The van der Waals surface area contributed by atoms with Crippen LogP contribution in [0.5, 0.6) is 0 Å². The van der Waals surface area contributed by atoms with Crippen molar-refractivity contribution < 1.29 is 9.72 Å². The van der Waals surface area contributed by atoms with Crippen molar-refractivity contribution in [3.63, 3.8) is 0 Å². The monoisotopic (exact) mass is 355 g/mol. The molecular weight excluding hydrogens is 342 g/mol. The second-order valence-electron chi connectivity index (χ2n) is 5.24. The number of nitrogens with zero attached hydrogens (tertiary/aromatic N) is 2. The smallest absolute Gasteiger partial charge is 0.269 e. The largest absolute Gasteiger partial charge is 0.345 e. The predicted molar refractivity (Wildman–Crippen MR) is 94.7 cm³/mol. The number of rotatable bonds is 5. The van der Waals surface area contributed by atoms with Crippen LogP contribution in [0, 0.1) is 21.4 Å². The average molecular weight is 356 g/mol. The van der Waals surface area contributed by atoms with Crippen LogP contribution in [-0.2, 0) is 4.79 Å². The highest BCUT2D eigenvalue weighted by Gasteiger charge is 2.15. The normalized spacial score (nSPS) is 12.1. The van der Waals surface area contributed by atoms with E-state index < -0.39 is 10.8 Å². The summed E-state index contributed by atoms with van der Waals surface area (Å²) in [5.41, 5.74) is 1.09. The van der Waals surface area contributed by atoms with Gasteiger partial charge in [0.25, 0.3) is 11.6 Å². The van der Waals surface area contributed by atoms with Crippen LogP contribution in [0.4, 0.5) is 5.69 Å². The molecule has 0 saturated heterocycles. The van der Waals surface area contributed by atoms with Crippen LogP contribution in [0.15, 0.2) is 54.1 Å². The Kier molecular flexibility index (Phi) is 5.88. The van der Waals surface area contributed by atoms with Gasteiger partial charge < -0.3 is 5.32 Å². The molecule has 0 bridgehead atoms. The molecule has 1 amide bonds. The highest BCUT2D eigenvalue weighted by Crippen LogP contribution is 2.22. The number of carbonyl (C=O) groups is 1. The number of benzene rings is 2. The van der Waals surface area contributed by atoms with E-state index in [0.29, 0.717) is 10.6 Å². The van der Waals surface area contributed by atoms with Crippen LogP contribution in [0.2, 0.25) is 5.02 Å². The summed E-state index contributed by atoms with van der Waals surface area (Å²) in [6, 6.07) is 14.1. The van der Waals surface area contributed by atoms with Crippen LogP contribution in [0.25, 0.3) is 6.08 Å². The minimum atomic E-state index is -0.548. The zero-order valence-electron chi connectivity index (χ0n) is 13.3. The fraction of sp³-hybridized carbons (Fsp3) is 0.111. The number of nitriles is 1. The van der Waals surface area contributed by atoms with E-state index in [2.05, 4.69) is 5.32 Å². The van der Waals surface area contributed by atoms with E-state index in [9.17, 15) is 20.2 Å². The first-order valence-electron chi connectivity index (χ1n) is 7.34. The van der Waals surface area contributed by atoms with Crippen LogP contribution < -0.4 is 5.32 Å². The average Bonchev–Trinajstić information content (AvgIpc) is 2.60. The fourth-order valence-electron chi connectivity index (χ4n) is 2.19. The predicted octanol–water partition coefficient (Wildman–Crippen LogP) is 4.03. The van der Waals surface area contributed by atoms with Gasteiger partial charge in [-0.15, -0.1) is 0 Å². The Balaban J connectivity index is 2.17. The molecule has 0 aliphatic rings. The summed E-state index contributed by atoms with van der Waals surface area (Å²) in [6.07, 6.45) is 1.37. The summed E-state index contributed by atoms with van der Waals surface area (Å²) in [6.45, 7) is 1.76. The van der Waals surface area contributed by atoms with E-state index in [1.807, 2.05) is 12.1 Å². The van der Waals surface area contributed by atoms with Crippen molar-refractivity contribution in [1.82, 2.24) is 5.32 Å². The first kappa shape index (κ1) is 18.2. The molecule has 25 heavy (non-hydrogen) atoms. The summed E-state index contributed by atoms with van der Waals surface area (Å²) in [5, 5.41) is 23.1. The van der Waals surface area contributed by atoms with Gasteiger partial charge in [-0.25, -0.2) is 0 Å². The van der Waals surface area contributed by atoms with Crippen LogP contribution in [-0.4, -0.2) is 10.8 Å². The van der Waals surface area contributed by atoms with Crippen molar-refractivity contribution in [2.75, 3.05) is 0 Å². The number of amides is 1. The van der Waals surface area contributed by atoms with Crippen LogP contribution in [0.3, 0.4) is 0 Å². The maximum absolute atomic E-state index is 12.3. The molecule has 2 aromatic rings. The third-order valence-electron chi connectivity index (χ3n) is 3.50. The minimum absolute atomic E-state index is 0.0625. The van der Waals surface area contributed by atoms with E-state index >= 15 is 0 Å². The summed E-state index contributed by atoms with van der Waals surface area (Å²) >= 11 is 6.10. The molecule has 0 saturated carbocycles. The Morgan fingerprint density at radius 2 is 1.92 bits per heavy atom. The van der Waals surface area contributed by atoms with Gasteiger partial charge in [0, 0.05) is 17.2 Å². The molecule has 0 heterocycles. The minimum Gasteiger partial charge on any atom is -0.345 e. The van der Waals surface area contributed by atoms with Crippen molar-refractivity contribution in [3.05, 3.63) is 80.4 Å². The number of hydrogen-bond acceptors (Lipinski definition) is 4. The molecule has 0 aromatic heterocycles. The number of nitro groups is 1. The lowest BCUT2D eigenvalue weighted by atomic mass is 10.1. The third kappa shape index (κ3) is 4.66. The summed E-state index contributed by atoms with van der Waals surface area (Å²) in [7, 11) is 0. The standard InChI is InChI=1S/C18H14ClN3O3/c1-12(16-4-2-3-5-17(16)19)21-18(23)14(11-20)10-13-6-8-15(9-7-13)22(24)25/h2-10,12H,1H3,(H,21,23)/t12-/m0/s1. The van der Waals surface area contributed by atoms with E-state index in [4.69, 9.17) is 11.6 Å². The number of nitrogens with one attached hydrogen (secondary N) is 1. The topological polar surface area (TPSA) is 96.0 Å². The molecule has 0 radical (unpaired) electrons. The van der Waals surface area contributed by atoms with E-state index in [-0.39, 0.29) is 17.3 Å². The van der Waals surface area contributed by atoms with Crippen LogP contribution in [0.1, 0.15) is 24.1 Å². The molecule has 1 N–H and O–H groups in total. The molecule has 0 spiro atoms. The highest BCUT2D eigenvalue weighted by atomic mass is 35.5. The third-order valence-corrected chi connectivity index (χ3v) is 3.84. The van der Waals surface area contributed by atoms with Crippen molar-refractivity contribution in [2.24, 2.45) is 0 Å². The van der Waals surface area contributed by atoms with Crippen molar-refractivity contribution >= 4 is 29.3 Å². The molecular formula is C18H14ClN3O3. The number of nitro benzene ring substituents is 1. The van der Waals surface area contributed by atoms with E-state index in [1.165, 1.54) is 30.3 Å². The summed E-state index contributed by atoms with van der Waals surface area (Å²) in [5.74, 6) is -0.548. The van der Waals surface area contributed by atoms with Crippen molar-refractivity contribution in [1.29, 1.82) is 5.26 Å². The van der Waals surface area contributed by atoms with E-state index in [0.717, 1.165) is 5.56 Å². The second-order valence-corrected chi connectivity index (χ2v) is 5.64. The molecule has 2 aromatic carbocycles. The maximum Gasteiger partial charge on any atom is 0.269 e. The lowest BCUT2D eigenvalue weighted by Crippen LogP contribution is -2.27. The Morgan fingerprint density at radius 1 is 1.28 bits per heavy atom. The quantitative estimate of drug-likeness (QED) is 0.379. The zero-order chi connectivity index (χ0) is 18.4. The number of carbonyl (C=O) groups excluding carboxylic acids is 1. The fourth-order valence-corrected chi connectivity index (χ4v) is 2.49.